The zero-order valence-electron chi connectivity index (χ0n) is 16.1. The average Bonchev–Trinajstić information content (AvgIpc) is 3.16. The lowest BCUT2D eigenvalue weighted by molar-refractivity contribution is -0.111. The number of para-hydroxylation sites is 2. The third kappa shape index (κ3) is 5.52. The number of benzene rings is 2. The molecule has 1 heterocycles. The molecule has 0 fully saturated rings. The largest absolute Gasteiger partial charge is 0.487 e. The fourth-order valence-corrected chi connectivity index (χ4v) is 3.24. The van der Waals surface area contributed by atoms with Gasteiger partial charge in [-0.2, -0.15) is 0 Å². The summed E-state index contributed by atoms with van der Waals surface area (Å²) < 4.78 is 5.86. The molecule has 6 nitrogen and oxygen atoms in total. The molecule has 0 atom stereocenters. The van der Waals surface area contributed by atoms with E-state index < -0.39 is 0 Å². The number of nitrogens with zero attached hydrogens (tertiary/aromatic N) is 1. The standard InChI is InChI=1S/C22H21N3O3S/c1-15-24-17(14-29-15)13-28-20-10-6-3-7-16(20)11-12-21(26)25-19-9-5-4-8-18(19)22(27)23-2/h3-12,14H,13H2,1-2H3,(H,23,27)(H,25,26)/b12-11+. The van der Waals surface area contributed by atoms with Gasteiger partial charge in [0.2, 0.25) is 5.91 Å². The molecule has 0 aliphatic heterocycles. The number of hydrogen-bond donors (Lipinski definition) is 2. The zero-order chi connectivity index (χ0) is 20.6. The van der Waals surface area contributed by atoms with Gasteiger partial charge >= 0.3 is 0 Å². The lowest BCUT2D eigenvalue weighted by atomic mass is 10.1. The maximum atomic E-state index is 12.4. The fourth-order valence-electron chi connectivity index (χ4n) is 2.64. The van der Waals surface area contributed by atoms with Crippen molar-refractivity contribution >= 4 is 34.9 Å². The molecule has 148 valence electrons. The number of rotatable bonds is 7. The van der Waals surface area contributed by atoms with Gasteiger partial charge in [0, 0.05) is 24.1 Å². The maximum Gasteiger partial charge on any atom is 0.253 e. The second-order valence-electron chi connectivity index (χ2n) is 6.13. The highest BCUT2D eigenvalue weighted by atomic mass is 32.1. The topological polar surface area (TPSA) is 80.3 Å². The quantitative estimate of drug-likeness (QED) is 0.579. The van der Waals surface area contributed by atoms with Gasteiger partial charge in [-0.3, -0.25) is 9.59 Å². The predicted octanol–water partition coefficient (Wildman–Crippen LogP) is 4.04. The smallest absolute Gasteiger partial charge is 0.253 e. The Kier molecular flexibility index (Phi) is 6.76. The monoisotopic (exact) mass is 407 g/mol. The maximum absolute atomic E-state index is 12.4. The molecule has 0 aliphatic carbocycles. The molecule has 0 bridgehead atoms. The molecular formula is C22H21N3O3S. The lowest BCUT2D eigenvalue weighted by Crippen LogP contribution is -2.20. The van der Waals surface area contributed by atoms with Crippen LogP contribution in [0.5, 0.6) is 5.75 Å². The predicted molar refractivity (Wildman–Crippen MR) is 115 cm³/mol. The van der Waals surface area contributed by atoms with E-state index in [0.717, 1.165) is 16.3 Å². The third-order valence-corrected chi connectivity index (χ3v) is 4.85. The zero-order valence-corrected chi connectivity index (χ0v) is 17.0. The van der Waals surface area contributed by atoms with Crippen LogP contribution in [-0.4, -0.2) is 23.8 Å². The van der Waals surface area contributed by atoms with E-state index in [-0.39, 0.29) is 11.8 Å². The fraction of sp³-hybridized carbons (Fsp3) is 0.136. The summed E-state index contributed by atoms with van der Waals surface area (Å²) in [5.41, 5.74) is 2.49. The van der Waals surface area contributed by atoms with E-state index in [2.05, 4.69) is 15.6 Å². The minimum Gasteiger partial charge on any atom is -0.487 e. The SMILES string of the molecule is CNC(=O)c1ccccc1NC(=O)/C=C/c1ccccc1OCc1csc(C)n1. The molecule has 0 saturated carbocycles. The van der Waals surface area contributed by atoms with E-state index in [1.165, 1.54) is 6.08 Å². The van der Waals surface area contributed by atoms with Gasteiger partial charge in [-0.25, -0.2) is 4.98 Å². The van der Waals surface area contributed by atoms with Gasteiger partial charge in [0.15, 0.2) is 0 Å². The van der Waals surface area contributed by atoms with Crippen molar-refractivity contribution in [1.29, 1.82) is 0 Å². The highest BCUT2D eigenvalue weighted by Crippen LogP contribution is 2.21. The molecular weight excluding hydrogens is 386 g/mol. The summed E-state index contributed by atoms with van der Waals surface area (Å²) in [5, 5.41) is 8.25. The van der Waals surface area contributed by atoms with Gasteiger partial charge < -0.3 is 15.4 Å². The van der Waals surface area contributed by atoms with Crippen LogP contribution < -0.4 is 15.4 Å². The molecule has 0 saturated heterocycles. The van der Waals surface area contributed by atoms with Gasteiger partial charge in [-0.1, -0.05) is 30.3 Å². The van der Waals surface area contributed by atoms with Crippen LogP contribution in [0.4, 0.5) is 5.69 Å². The first-order valence-corrected chi connectivity index (χ1v) is 9.88. The van der Waals surface area contributed by atoms with Gasteiger partial charge in [0.05, 0.1) is 22.0 Å². The first kappa shape index (κ1) is 20.3. The van der Waals surface area contributed by atoms with Gasteiger partial charge in [0.1, 0.15) is 12.4 Å². The van der Waals surface area contributed by atoms with Crippen LogP contribution >= 0.6 is 11.3 Å². The molecule has 2 N–H and O–H groups in total. The van der Waals surface area contributed by atoms with Crippen LogP contribution in [0.15, 0.2) is 60.0 Å². The molecule has 3 rings (SSSR count). The average molecular weight is 407 g/mol. The summed E-state index contributed by atoms with van der Waals surface area (Å²) in [4.78, 5) is 28.7. The molecule has 1 aromatic heterocycles. The first-order chi connectivity index (χ1) is 14.1. The van der Waals surface area contributed by atoms with Crippen molar-refractivity contribution in [3.8, 4) is 5.75 Å². The Morgan fingerprint density at radius 3 is 2.66 bits per heavy atom. The molecule has 0 aliphatic rings. The van der Waals surface area contributed by atoms with Crippen LogP contribution in [0.3, 0.4) is 0 Å². The normalized spacial score (nSPS) is 10.7. The number of anilines is 1. The molecule has 0 radical (unpaired) electrons. The molecule has 3 aromatic rings. The van der Waals surface area contributed by atoms with Crippen molar-refractivity contribution in [2.75, 3.05) is 12.4 Å². The van der Waals surface area contributed by atoms with Crippen LogP contribution in [0.2, 0.25) is 0 Å². The molecule has 0 spiro atoms. The van der Waals surface area contributed by atoms with Crippen molar-refractivity contribution in [2.45, 2.75) is 13.5 Å². The Hall–Kier alpha value is -3.45. The van der Waals surface area contributed by atoms with E-state index in [4.69, 9.17) is 4.74 Å². The third-order valence-electron chi connectivity index (χ3n) is 4.03. The van der Waals surface area contributed by atoms with E-state index in [1.807, 2.05) is 36.6 Å². The van der Waals surface area contributed by atoms with Gasteiger partial charge in [-0.15, -0.1) is 11.3 Å². The van der Waals surface area contributed by atoms with Gasteiger partial charge in [0.25, 0.3) is 5.91 Å². The lowest BCUT2D eigenvalue weighted by Gasteiger charge is -2.09. The summed E-state index contributed by atoms with van der Waals surface area (Å²) in [6.07, 6.45) is 3.09. The Morgan fingerprint density at radius 2 is 1.90 bits per heavy atom. The summed E-state index contributed by atoms with van der Waals surface area (Å²) in [6.45, 7) is 2.31. The van der Waals surface area contributed by atoms with Crippen LogP contribution in [0.1, 0.15) is 26.6 Å². The Bertz CT molecular complexity index is 1040. The van der Waals surface area contributed by atoms with E-state index in [0.29, 0.717) is 23.6 Å². The number of ether oxygens (including phenoxy) is 1. The number of nitrogens with one attached hydrogen (secondary N) is 2. The Morgan fingerprint density at radius 1 is 1.14 bits per heavy atom. The summed E-state index contributed by atoms with van der Waals surface area (Å²) in [5.74, 6) is 0.0557. The van der Waals surface area contributed by atoms with Crippen molar-refractivity contribution in [3.05, 3.63) is 81.8 Å². The minimum atomic E-state index is -0.341. The molecule has 7 heteroatoms. The summed E-state index contributed by atoms with van der Waals surface area (Å²) >= 11 is 1.58. The Labute approximate surface area is 173 Å². The minimum absolute atomic E-state index is 0.263. The highest BCUT2D eigenvalue weighted by Gasteiger charge is 2.10. The second-order valence-corrected chi connectivity index (χ2v) is 7.19. The highest BCUT2D eigenvalue weighted by molar-refractivity contribution is 7.09. The number of aromatic nitrogens is 1. The molecule has 2 aromatic carbocycles. The van der Waals surface area contributed by atoms with Crippen molar-refractivity contribution in [1.82, 2.24) is 10.3 Å². The van der Waals surface area contributed by atoms with Crippen molar-refractivity contribution in [2.24, 2.45) is 0 Å². The Balaban J connectivity index is 1.69. The van der Waals surface area contributed by atoms with E-state index in [9.17, 15) is 9.59 Å². The number of thiazole rings is 1. The number of aryl methyl sites for hydroxylation is 1. The van der Waals surface area contributed by atoms with Crippen molar-refractivity contribution < 1.29 is 14.3 Å². The molecule has 2 amide bonds. The van der Waals surface area contributed by atoms with Crippen LogP contribution in [0.25, 0.3) is 6.08 Å². The summed E-state index contributed by atoms with van der Waals surface area (Å²) in [7, 11) is 1.55. The van der Waals surface area contributed by atoms with E-state index in [1.54, 1.807) is 48.7 Å². The number of hydrogen-bond acceptors (Lipinski definition) is 5. The van der Waals surface area contributed by atoms with Gasteiger partial charge in [-0.05, 0) is 31.2 Å². The number of carbonyl (C=O) groups is 2. The number of amides is 2. The molecule has 29 heavy (non-hydrogen) atoms. The summed E-state index contributed by atoms with van der Waals surface area (Å²) in [6, 6.07) is 14.3. The van der Waals surface area contributed by atoms with E-state index >= 15 is 0 Å². The number of carbonyl (C=O) groups excluding carboxylic acids is 2. The van der Waals surface area contributed by atoms with Crippen molar-refractivity contribution in [3.63, 3.8) is 0 Å². The first-order valence-electron chi connectivity index (χ1n) is 9.00. The van der Waals surface area contributed by atoms with Crippen LogP contribution in [0, 0.1) is 6.92 Å². The second kappa shape index (κ2) is 9.66. The molecule has 0 unspecified atom stereocenters. The van der Waals surface area contributed by atoms with Crippen LogP contribution in [-0.2, 0) is 11.4 Å².